The van der Waals surface area contributed by atoms with Crippen LogP contribution < -0.4 is 10.5 Å². The summed E-state index contributed by atoms with van der Waals surface area (Å²) in [6.07, 6.45) is 0. The molecule has 0 saturated carbocycles. The van der Waals surface area contributed by atoms with E-state index in [9.17, 15) is 8.42 Å². The van der Waals surface area contributed by atoms with Crippen LogP contribution in [0.15, 0.2) is 47.4 Å². The summed E-state index contributed by atoms with van der Waals surface area (Å²) < 4.78 is 27.0. The Balaban J connectivity index is 2.29. The lowest BCUT2D eigenvalue weighted by atomic mass is 10.0. The summed E-state index contributed by atoms with van der Waals surface area (Å²) in [6, 6.07) is 12.6. The molecule has 2 aromatic rings. The van der Waals surface area contributed by atoms with Crippen molar-refractivity contribution >= 4 is 15.7 Å². The first-order valence-corrected chi connectivity index (χ1v) is 8.74. The highest BCUT2D eigenvalue weighted by atomic mass is 32.2. The summed E-state index contributed by atoms with van der Waals surface area (Å²) in [6.45, 7) is 6.37. The van der Waals surface area contributed by atoms with E-state index in [1.165, 1.54) is 0 Å². The third-order valence-corrected chi connectivity index (χ3v) is 4.86. The highest BCUT2D eigenvalue weighted by Crippen LogP contribution is 2.26. The summed E-state index contributed by atoms with van der Waals surface area (Å²) in [5, 5.41) is 0. The molecule has 0 aliphatic heterocycles. The summed E-state index contributed by atoms with van der Waals surface area (Å²) in [5.74, 6) is 0.268. The van der Waals surface area contributed by atoms with Gasteiger partial charge in [0.25, 0.3) is 0 Å². The molecule has 22 heavy (non-hydrogen) atoms. The van der Waals surface area contributed by atoms with Gasteiger partial charge in [0.05, 0.1) is 4.90 Å². The fourth-order valence-electron chi connectivity index (χ4n) is 2.12. The zero-order chi connectivity index (χ0) is 16.3. The monoisotopic (exact) mass is 318 g/mol. The van der Waals surface area contributed by atoms with Crippen LogP contribution in [0.25, 0.3) is 11.1 Å². The minimum Gasteiger partial charge on any atom is -0.399 e. The number of nitrogens with one attached hydrogen (secondary N) is 1. The molecule has 4 nitrogen and oxygen atoms in total. The third kappa shape index (κ3) is 3.87. The maximum Gasteiger partial charge on any atom is 0.240 e. The largest absolute Gasteiger partial charge is 0.399 e. The molecule has 0 aliphatic carbocycles. The van der Waals surface area contributed by atoms with Gasteiger partial charge < -0.3 is 5.73 Å². The van der Waals surface area contributed by atoms with Gasteiger partial charge in [-0.3, -0.25) is 0 Å². The molecule has 0 radical (unpaired) electrons. The second kappa shape index (κ2) is 6.50. The van der Waals surface area contributed by atoms with Gasteiger partial charge in [0.15, 0.2) is 0 Å². The summed E-state index contributed by atoms with van der Waals surface area (Å²) in [5.41, 5.74) is 9.58. The second-order valence-electron chi connectivity index (χ2n) is 5.84. The highest BCUT2D eigenvalue weighted by molar-refractivity contribution is 7.89. The molecular weight excluding hydrogens is 296 g/mol. The maximum absolute atomic E-state index is 12.2. The topological polar surface area (TPSA) is 72.2 Å². The first kappa shape index (κ1) is 16.5. The predicted octanol–water partition coefficient (Wildman–Crippen LogP) is 3.18. The van der Waals surface area contributed by atoms with Crippen molar-refractivity contribution in [3.8, 4) is 11.1 Å². The Hall–Kier alpha value is -1.85. The molecule has 0 aromatic heterocycles. The molecule has 0 aliphatic rings. The fraction of sp³-hybridized carbons (Fsp3) is 0.294. The fourth-order valence-corrected chi connectivity index (χ4v) is 3.34. The normalized spacial score (nSPS) is 11.8. The van der Waals surface area contributed by atoms with Crippen molar-refractivity contribution in [2.45, 2.75) is 25.7 Å². The van der Waals surface area contributed by atoms with Gasteiger partial charge >= 0.3 is 0 Å². The van der Waals surface area contributed by atoms with Crippen molar-refractivity contribution in [2.75, 3.05) is 12.3 Å². The van der Waals surface area contributed by atoms with E-state index in [0.29, 0.717) is 12.2 Å². The Kier molecular flexibility index (Phi) is 4.88. The van der Waals surface area contributed by atoms with E-state index in [0.717, 1.165) is 16.7 Å². The van der Waals surface area contributed by atoms with Crippen molar-refractivity contribution in [3.05, 3.63) is 48.0 Å². The molecule has 2 rings (SSSR count). The lowest BCUT2D eigenvalue weighted by Gasteiger charge is -2.11. The smallest absolute Gasteiger partial charge is 0.240 e. The van der Waals surface area contributed by atoms with Gasteiger partial charge in [-0.1, -0.05) is 32.0 Å². The van der Waals surface area contributed by atoms with E-state index < -0.39 is 10.0 Å². The van der Waals surface area contributed by atoms with Gasteiger partial charge in [-0.25, -0.2) is 13.1 Å². The van der Waals surface area contributed by atoms with Gasteiger partial charge in [0.2, 0.25) is 10.0 Å². The third-order valence-electron chi connectivity index (χ3n) is 3.42. The van der Waals surface area contributed by atoms with Crippen LogP contribution in [0.4, 0.5) is 5.69 Å². The van der Waals surface area contributed by atoms with Crippen molar-refractivity contribution in [1.82, 2.24) is 4.72 Å². The quantitative estimate of drug-likeness (QED) is 0.832. The lowest BCUT2D eigenvalue weighted by molar-refractivity contribution is 0.560. The average molecular weight is 318 g/mol. The Labute approximate surface area is 132 Å². The van der Waals surface area contributed by atoms with E-state index in [1.54, 1.807) is 12.1 Å². The van der Waals surface area contributed by atoms with Crippen LogP contribution in [-0.4, -0.2) is 15.0 Å². The van der Waals surface area contributed by atoms with Crippen LogP contribution in [0.5, 0.6) is 0 Å². The molecule has 118 valence electrons. The number of benzene rings is 2. The van der Waals surface area contributed by atoms with Crippen LogP contribution >= 0.6 is 0 Å². The average Bonchev–Trinajstić information content (AvgIpc) is 2.48. The Morgan fingerprint density at radius 2 is 1.73 bits per heavy atom. The van der Waals surface area contributed by atoms with Gasteiger partial charge in [-0.05, 0) is 53.8 Å². The maximum atomic E-state index is 12.2. The van der Waals surface area contributed by atoms with Gasteiger partial charge in [-0.2, -0.15) is 0 Å². The number of rotatable bonds is 5. The highest BCUT2D eigenvalue weighted by Gasteiger charge is 2.14. The van der Waals surface area contributed by atoms with Crippen molar-refractivity contribution in [2.24, 2.45) is 5.92 Å². The molecule has 0 saturated heterocycles. The number of hydrogen-bond acceptors (Lipinski definition) is 3. The zero-order valence-electron chi connectivity index (χ0n) is 13.1. The summed E-state index contributed by atoms with van der Waals surface area (Å²) in [4.78, 5) is 0.276. The van der Waals surface area contributed by atoms with Crippen LogP contribution in [0.2, 0.25) is 0 Å². The SMILES string of the molecule is Cc1ccc(N)cc1-c1ccc(S(=O)(=O)NCC(C)C)cc1. The number of nitrogens with two attached hydrogens (primary N) is 1. The Bertz CT molecular complexity index is 751. The summed E-state index contributed by atoms with van der Waals surface area (Å²) in [7, 11) is -3.45. The first-order valence-electron chi connectivity index (χ1n) is 7.26. The molecule has 0 fully saturated rings. The van der Waals surface area contributed by atoms with Crippen LogP contribution in [-0.2, 0) is 10.0 Å². The minimum absolute atomic E-state index is 0.268. The number of sulfonamides is 1. The minimum atomic E-state index is -3.45. The number of hydrogen-bond donors (Lipinski definition) is 2. The zero-order valence-corrected chi connectivity index (χ0v) is 13.9. The molecule has 0 heterocycles. The van der Waals surface area contributed by atoms with E-state index in [-0.39, 0.29) is 10.8 Å². The van der Waals surface area contributed by atoms with Crippen LogP contribution in [0.3, 0.4) is 0 Å². The summed E-state index contributed by atoms with van der Waals surface area (Å²) >= 11 is 0. The number of nitrogen functional groups attached to an aromatic ring is 1. The van der Waals surface area contributed by atoms with Gasteiger partial charge in [0.1, 0.15) is 0 Å². The van der Waals surface area contributed by atoms with Crippen LogP contribution in [0, 0.1) is 12.8 Å². The lowest BCUT2D eigenvalue weighted by Crippen LogP contribution is -2.27. The molecule has 3 N–H and O–H groups in total. The molecule has 2 aromatic carbocycles. The van der Waals surface area contributed by atoms with Crippen LogP contribution in [0.1, 0.15) is 19.4 Å². The Morgan fingerprint density at radius 1 is 1.09 bits per heavy atom. The second-order valence-corrected chi connectivity index (χ2v) is 7.61. The first-order chi connectivity index (χ1) is 10.3. The standard InChI is InChI=1S/C17H22N2O2S/c1-12(2)11-19-22(20,21)16-8-5-14(6-9-16)17-10-15(18)7-4-13(17)3/h4-10,12,19H,11,18H2,1-3H3. The van der Waals surface area contributed by atoms with E-state index in [1.807, 2.05) is 51.1 Å². The van der Waals surface area contributed by atoms with Crippen molar-refractivity contribution < 1.29 is 8.42 Å². The molecule has 0 bridgehead atoms. The molecular formula is C17H22N2O2S. The van der Waals surface area contributed by atoms with Gasteiger partial charge in [-0.15, -0.1) is 0 Å². The molecule has 0 atom stereocenters. The number of anilines is 1. The van der Waals surface area contributed by atoms with E-state index >= 15 is 0 Å². The predicted molar refractivity (Wildman–Crippen MR) is 91.1 cm³/mol. The molecule has 5 heteroatoms. The van der Waals surface area contributed by atoms with E-state index in [2.05, 4.69) is 4.72 Å². The number of aryl methyl sites for hydroxylation is 1. The van der Waals surface area contributed by atoms with Gasteiger partial charge in [0, 0.05) is 12.2 Å². The molecule has 0 unspecified atom stereocenters. The van der Waals surface area contributed by atoms with Crippen molar-refractivity contribution in [1.29, 1.82) is 0 Å². The van der Waals surface area contributed by atoms with E-state index in [4.69, 9.17) is 5.73 Å². The van der Waals surface area contributed by atoms with Crippen molar-refractivity contribution in [3.63, 3.8) is 0 Å². The molecule has 0 amide bonds. The Morgan fingerprint density at radius 3 is 2.32 bits per heavy atom. The molecule has 0 spiro atoms.